The summed E-state index contributed by atoms with van der Waals surface area (Å²) in [7, 11) is 0. The van der Waals surface area contributed by atoms with E-state index in [9.17, 15) is 4.79 Å². The van der Waals surface area contributed by atoms with Gasteiger partial charge in [-0.3, -0.25) is 4.79 Å². The molecule has 0 atom stereocenters. The van der Waals surface area contributed by atoms with Gasteiger partial charge in [-0.05, 0) is 6.07 Å². The highest BCUT2D eigenvalue weighted by molar-refractivity contribution is 6.42. The van der Waals surface area contributed by atoms with Gasteiger partial charge in [-0.15, -0.1) is 0 Å². The SMILES string of the molecule is O=Cc1ccnc(Cl)c1Cl. The lowest BCUT2D eigenvalue weighted by atomic mass is 10.3. The molecule has 0 aromatic carbocycles. The van der Waals surface area contributed by atoms with Crippen molar-refractivity contribution >= 4 is 29.5 Å². The number of aldehydes is 1. The first kappa shape index (κ1) is 7.51. The van der Waals surface area contributed by atoms with Gasteiger partial charge >= 0.3 is 0 Å². The van der Waals surface area contributed by atoms with E-state index in [2.05, 4.69) is 4.98 Å². The number of halogens is 2. The van der Waals surface area contributed by atoms with Crippen molar-refractivity contribution < 1.29 is 4.79 Å². The zero-order valence-electron chi connectivity index (χ0n) is 4.84. The van der Waals surface area contributed by atoms with Crippen LogP contribution in [0.3, 0.4) is 0 Å². The van der Waals surface area contributed by atoms with Crippen LogP contribution in [0.15, 0.2) is 12.3 Å². The fourth-order valence-corrected chi connectivity index (χ4v) is 0.845. The highest BCUT2D eigenvalue weighted by Gasteiger charge is 2.02. The molecule has 1 aromatic rings. The lowest BCUT2D eigenvalue weighted by Gasteiger charge is -1.94. The van der Waals surface area contributed by atoms with E-state index in [1.807, 2.05) is 0 Å². The summed E-state index contributed by atoms with van der Waals surface area (Å²) >= 11 is 11.1. The molecule has 0 spiro atoms. The summed E-state index contributed by atoms with van der Waals surface area (Å²) < 4.78 is 0. The topological polar surface area (TPSA) is 30.0 Å². The molecule has 0 saturated heterocycles. The largest absolute Gasteiger partial charge is 0.298 e. The number of rotatable bonds is 1. The van der Waals surface area contributed by atoms with Crippen LogP contribution in [0.5, 0.6) is 0 Å². The Morgan fingerprint density at radius 3 is 2.70 bits per heavy atom. The first-order chi connectivity index (χ1) is 4.75. The molecule has 0 fully saturated rings. The number of carbonyl (C=O) groups is 1. The lowest BCUT2D eigenvalue weighted by Crippen LogP contribution is -1.84. The van der Waals surface area contributed by atoms with Crippen molar-refractivity contribution in [1.29, 1.82) is 0 Å². The number of carbonyl (C=O) groups excluding carboxylic acids is 1. The van der Waals surface area contributed by atoms with Crippen molar-refractivity contribution in [2.45, 2.75) is 0 Å². The summed E-state index contributed by atoms with van der Waals surface area (Å²) in [6.45, 7) is 0. The second kappa shape index (κ2) is 2.99. The molecule has 0 N–H and O–H groups in total. The predicted molar refractivity (Wildman–Crippen MR) is 39.6 cm³/mol. The van der Waals surface area contributed by atoms with Crippen molar-refractivity contribution in [2.24, 2.45) is 0 Å². The fourth-order valence-electron chi connectivity index (χ4n) is 0.523. The van der Waals surface area contributed by atoms with E-state index in [1.54, 1.807) is 0 Å². The third-order valence-corrected chi connectivity index (χ3v) is 1.78. The maximum Gasteiger partial charge on any atom is 0.151 e. The molecular formula is C6H3Cl2NO. The van der Waals surface area contributed by atoms with Gasteiger partial charge < -0.3 is 0 Å². The number of aromatic nitrogens is 1. The fraction of sp³-hybridized carbons (Fsp3) is 0. The highest BCUT2D eigenvalue weighted by Crippen LogP contribution is 2.21. The Kier molecular flexibility index (Phi) is 2.25. The van der Waals surface area contributed by atoms with Gasteiger partial charge in [0.25, 0.3) is 0 Å². The van der Waals surface area contributed by atoms with Crippen LogP contribution in [0.1, 0.15) is 10.4 Å². The van der Waals surface area contributed by atoms with Crippen molar-refractivity contribution in [1.82, 2.24) is 4.98 Å². The maximum absolute atomic E-state index is 10.2. The molecule has 1 rings (SSSR count). The zero-order chi connectivity index (χ0) is 7.56. The molecule has 0 radical (unpaired) electrons. The second-order valence-corrected chi connectivity index (χ2v) is 2.36. The Labute approximate surface area is 67.8 Å². The molecular weight excluding hydrogens is 173 g/mol. The van der Waals surface area contributed by atoms with Gasteiger partial charge in [-0.1, -0.05) is 23.2 Å². The van der Waals surface area contributed by atoms with Crippen molar-refractivity contribution in [2.75, 3.05) is 0 Å². The molecule has 10 heavy (non-hydrogen) atoms. The van der Waals surface area contributed by atoms with Crippen LogP contribution >= 0.6 is 23.2 Å². The standard InChI is InChI=1S/C6H3Cl2NO/c7-5-4(3-10)1-2-9-6(5)8/h1-3H. The highest BCUT2D eigenvalue weighted by atomic mass is 35.5. The van der Waals surface area contributed by atoms with Gasteiger partial charge in [0.05, 0.1) is 5.02 Å². The first-order valence-corrected chi connectivity index (χ1v) is 3.26. The summed E-state index contributed by atoms with van der Waals surface area (Å²) in [6, 6.07) is 1.50. The van der Waals surface area contributed by atoms with Crippen molar-refractivity contribution in [3.8, 4) is 0 Å². The van der Waals surface area contributed by atoms with Crippen LogP contribution in [0.2, 0.25) is 10.2 Å². The normalized spacial score (nSPS) is 9.40. The minimum Gasteiger partial charge on any atom is -0.298 e. The van der Waals surface area contributed by atoms with Gasteiger partial charge in [-0.2, -0.15) is 0 Å². The number of hydrogen-bond acceptors (Lipinski definition) is 2. The lowest BCUT2D eigenvalue weighted by molar-refractivity contribution is 0.112. The molecule has 0 amide bonds. The van der Waals surface area contributed by atoms with Crippen molar-refractivity contribution in [3.63, 3.8) is 0 Å². The van der Waals surface area contributed by atoms with Crippen LogP contribution in [0.25, 0.3) is 0 Å². The van der Waals surface area contributed by atoms with Gasteiger partial charge in [-0.25, -0.2) is 4.98 Å². The van der Waals surface area contributed by atoms with E-state index in [-0.39, 0.29) is 10.2 Å². The molecule has 0 bridgehead atoms. The van der Waals surface area contributed by atoms with E-state index in [4.69, 9.17) is 23.2 Å². The minimum atomic E-state index is 0.159. The average Bonchev–Trinajstić information content (AvgIpc) is 1.95. The van der Waals surface area contributed by atoms with E-state index in [1.165, 1.54) is 12.3 Å². The Bertz CT molecular complexity index is 262. The summed E-state index contributed by atoms with van der Waals surface area (Å²) in [5.74, 6) is 0. The number of hydrogen-bond donors (Lipinski definition) is 0. The molecule has 4 heteroatoms. The first-order valence-electron chi connectivity index (χ1n) is 2.51. The van der Waals surface area contributed by atoms with Gasteiger partial charge in [0, 0.05) is 11.8 Å². The molecule has 0 aliphatic heterocycles. The molecule has 0 aliphatic rings. The molecule has 52 valence electrons. The molecule has 1 aromatic heterocycles. The third kappa shape index (κ3) is 1.28. The molecule has 2 nitrogen and oxygen atoms in total. The zero-order valence-corrected chi connectivity index (χ0v) is 6.36. The van der Waals surface area contributed by atoms with Crippen LogP contribution in [-0.2, 0) is 0 Å². The monoisotopic (exact) mass is 175 g/mol. The Hall–Kier alpha value is -0.600. The van der Waals surface area contributed by atoms with Crippen LogP contribution < -0.4 is 0 Å². The average molecular weight is 176 g/mol. The van der Waals surface area contributed by atoms with E-state index in [0.29, 0.717) is 11.8 Å². The molecule has 0 unspecified atom stereocenters. The Morgan fingerprint density at radius 2 is 2.20 bits per heavy atom. The van der Waals surface area contributed by atoms with Crippen LogP contribution in [0, 0.1) is 0 Å². The second-order valence-electron chi connectivity index (χ2n) is 1.62. The summed E-state index contributed by atoms with van der Waals surface area (Å²) in [5.41, 5.74) is 0.363. The smallest absolute Gasteiger partial charge is 0.151 e. The van der Waals surface area contributed by atoms with E-state index >= 15 is 0 Å². The number of pyridine rings is 1. The van der Waals surface area contributed by atoms with Crippen LogP contribution in [-0.4, -0.2) is 11.3 Å². The van der Waals surface area contributed by atoms with Gasteiger partial charge in [0.1, 0.15) is 5.15 Å². The minimum absolute atomic E-state index is 0.159. The number of nitrogens with zero attached hydrogens (tertiary/aromatic N) is 1. The molecule has 0 saturated carbocycles. The van der Waals surface area contributed by atoms with E-state index in [0.717, 1.165) is 0 Å². The summed E-state index contributed by atoms with van der Waals surface area (Å²) in [6.07, 6.45) is 2.06. The third-order valence-electron chi connectivity index (χ3n) is 1.00. The predicted octanol–water partition coefficient (Wildman–Crippen LogP) is 2.20. The summed E-state index contributed by atoms with van der Waals surface area (Å²) in [4.78, 5) is 13.9. The van der Waals surface area contributed by atoms with Crippen molar-refractivity contribution in [3.05, 3.63) is 28.0 Å². The van der Waals surface area contributed by atoms with Gasteiger partial charge in [0.2, 0.25) is 0 Å². The van der Waals surface area contributed by atoms with Gasteiger partial charge in [0.15, 0.2) is 6.29 Å². The Balaban J connectivity index is 3.27. The van der Waals surface area contributed by atoms with E-state index < -0.39 is 0 Å². The van der Waals surface area contributed by atoms with Crippen LogP contribution in [0.4, 0.5) is 0 Å². The summed E-state index contributed by atoms with van der Waals surface area (Å²) in [5, 5.41) is 0.366. The molecule has 1 heterocycles. The quantitative estimate of drug-likeness (QED) is 0.484. The molecule has 0 aliphatic carbocycles. The Morgan fingerprint density at radius 1 is 1.50 bits per heavy atom. The maximum atomic E-state index is 10.2.